The first kappa shape index (κ1) is 17.2. The maximum atomic E-state index is 12.8. The van der Waals surface area contributed by atoms with Crippen LogP contribution in [-0.2, 0) is 12.8 Å². The molecule has 2 aromatic rings. The van der Waals surface area contributed by atoms with Gasteiger partial charge in [-0.15, -0.1) is 11.3 Å². The predicted molar refractivity (Wildman–Crippen MR) is 101 cm³/mol. The molecule has 1 aromatic heterocycles. The van der Waals surface area contributed by atoms with E-state index in [1.165, 1.54) is 16.0 Å². The molecule has 1 amide bonds. The van der Waals surface area contributed by atoms with Gasteiger partial charge in [-0.3, -0.25) is 4.79 Å². The van der Waals surface area contributed by atoms with Crippen molar-refractivity contribution in [2.45, 2.75) is 39.7 Å². The van der Waals surface area contributed by atoms with E-state index in [4.69, 9.17) is 0 Å². The van der Waals surface area contributed by atoms with Gasteiger partial charge in [0.25, 0.3) is 5.91 Å². The zero-order valence-electron chi connectivity index (χ0n) is 14.7. The van der Waals surface area contributed by atoms with Gasteiger partial charge in [0.15, 0.2) is 0 Å². The molecule has 0 unspecified atom stereocenters. The third-order valence-electron chi connectivity index (χ3n) is 4.58. The summed E-state index contributed by atoms with van der Waals surface area (Å²) in [6.07, 6.45) is 2.03. The number of nitrogens with one attached hydrogen (secondary N) is 2. The standard InChI is InChI=1S/C20H26N2OS/c1-20(2,3)18(17-5-4-12-24-17)22-19(23)16-7-6-14-8-10-21-11-9-15(14)13-16/h4-7,12-13,18,21H,8-11H2,1-3H3,(H,22,23)/t18-/m0/s1. The van der Waals surface area contributed by atoms with Gasteiger partial charge < -0.3 is 10.6 Å². The number of carbonyl (C=O) groups excluding carboxylic acids is 1. The molecule has 2 heterocycles. The van der Waals surface area contributed by atoms with Gasteiger partial charge in [-0.1, -0.05) is 32.9 Å². The van der Waals surface area contributed by atoms with Crippen LogP contribution in [0, 0.1) is 5.41 Å². The Morgan fingerprint density at radius 2 is 1.92 bits per heavy atom. The molecule has 128 valence electrons. The van der Waals surface area contributed by atoms with Crippen LogP contribution >= 0.6 is 11.3 Å². The summed E-state index contributed by atoms with van der Waals surface area (Å²) in [5, 5.41) is 8.73. The summed E-state index contributed by atoms with van der Waals surface area (Å²) in [5.41, 5.74) is 3.40. The minimum absolute atomic E-state index is 0.0170. The normalized spacial score (nSPS) is 16.1. The molecule has 0 spiro atoms. The van der Waals surface area contributed by atoms with E-state index in [-0.39, 0.29) is 17.4 Å². The second kappa shape index (κ2) is 7.08. The van der Waals surface area contributed by atoms with E-state index in [0.717, 1.165) is 31.5 Å². The SMILES string of the molecule is CC(C)(C)[C@@H](NC(=O)c1ccc2c(c1)CCNCC2)c1cccs1. The van der Waals surface area contributed by atoms with Crippen LogP contribution in [0.25, 0.3) is 0 Å². The van der Waals surface area contributed by atoms with Gasteiger partial charge in [-0.25, -0.2) is 0 Å². The number of thiophene rings is 1. The quantitative estimate of drug-likeness (QED) is 0.887. The van der Waals surface area contributed by atoms with Gasteiger partial charge in [0.05, 0.1) is 6.04 Å². The minimum Gasteiger partial charge on any atom is -0.344 e. The molecule has 1 aliphatic heterocycles. The van der Waals surface area contributed by atoms with Crippen molar-refractivity contribution >= 4 is 17.2 Å². The van der Waals surface area contributed by atoms with Gasteiger partial charge in [-0.05, 0) is 66.1 Å². The minimum atomic E-state index is -0.0316. The van der Waals surface area contributed by atoms with Crippen molar-refractivity contribution in [2.75, 3.05) is 13.1 Å². The Morgan fingerprint density at radius 3 is 2.58 bits per heavy atom. The molecule has 0 fully saturated rings. The molecule has 0 aliphatic carbocycles. The van der Waals surface area contributed by atoms with E-state index in [0.29, 0.717) is 0 Å². The Morgan fingerprint density at radius 1 is 1.17 bits per heavy atom. The van der Waals surface area contributed by atoms with Gasteiger partial charge in [0, 0.05) is 10.4 Å². The molecule has 0 radical (unpaired) electrons. The smallest absolute Gasteiger partial charge is 0.251 e. The van der Waals surface area contributed by atoms with Crippen LogP contribution < -0.4 is 10.6 Å². The van der Waals surface area contributed by atoms with Crippen molar-refractivity contribution in [1.82, 2.24) is 10.6 Å². The fourth-order valence-corrected chi connectivity index (χ4v) is 4.22. The predicted octanol–water partition coefficient (Wildman–Crippen LogP) is 3.95. The number of carbonyl (C=O) groups is 1. The molecule has 4 heteroatoms. The van der Waals surface area contributed by atoms with Crippen LogP contribution in [0.5, 0.6) is 0 Å². The summed E-state index contributed by atoms with van der Waals surface area (Å²) in [6, 6.07) is 10.3. The van der Waals surface area contributed by atoms with Gasteiger partial charge in [0.1, 0.15) is 0 Å². The molecule has 3 rings (SSSR count). The monoisotopic (exact) mass is 342 g/mol. The highest BCUT2D eigenvalue weighted by atomic mass is 32.1. The average molecular weight is 343 g/mol. The first-order chi connectivity index (χ1) is 11.4. The van der Waals surface area contributed by atoms with Crippen molar-refractivity contribution in [3.8, 4) is 0 Å². The Kier molecular flexibility index (Phi) is 5.07. The molecule has 1 aromatic carbocycles. The number of rotatable bonds is 3. The number of hydrogen-bond donors (Lipinski definition) is 2. The van der Waals surface area contributed by atoms with Crippen LogP contribution in [0.1, 0.15) is 53.2 Å². The van der Waals surface area contributed by atoms with E-state index < -0.39 is 0 Å². The van der Waals surface area contributed by atoms with Crippen LogP contribution in [-0.4, -0.2) is 19.0 Å². The summed E-state index contributed by atoms with van der Waals surface area (Å²) >= 11 is 1.70. The summed E-state index contributed by atoms with van der Waals surface area (Å²) in [7, 11) is 0. The number of amides is 1. The van der Waals surface area contributed by atoms with Gasteiger partial charge >= 0.3 is 0 Å². The largest absolute Gasteiger partial charge is 0.344 e. The molecule has 0 bridgehead atoms. The van der Waals surface area contributed by atoms with Crippen LogP contribution in [0.15, 0.2) is 35.7 Å². The zero-order valence-corrected chi connectivity index (χ0v) is 15.5. The van der Waals surface area contributed by atoms with Gasteiger partial charge in [0.2, 0.25) is 0 Å². The highest BCUT2D eigenvalue weighted by Crippen LogP contribution is 2.35. The lowest BCUT2D eigenvalue weighted by atomic mass is 9.85. The maximum Gasteiger partial charge on any atom is 0.251 e. The molecule has 0 saturated heterocycles. The van der Waals surface area contributed by atoms with Crippen molar-refractivity contribution in [3.63, 3.8) is 0 Å². The molecular weight excluding hydrogens is 316 g/mol. The van der Waals surface area contributed by atoms with E-state index in [1.54, 1.807) is 11.3 Å². The molecule has 0 saturated carbocycles. The van der Waals surface area contributed by atoms with E-state index >= 15 is 0 Å². The van der Waals surface area contributed by atoms with Crippen molar-refractivity contribution < 1.29 is 4.79 Å². The third kappa shape index (κ3) is 3.87. The first-order valence-corrected chi connectivity index (χ1v) is 9.50. The molecule has 3 nitrogen and oxygen atoms in total. The number of hydrogen-bond acceptors (Lipinski definition) is 3. The zero-order chi connectivity index (χ0) is 17.2. The summed E-state index contributed by atoms with van der Waals surface area (Å²) in [5.74, 6) is 0.0170. The second-order valence-electron chi connectivity index (χ2n) is 7.52. The highest BCUT2D eigenvalue weighted by Gasteiger charge is 2.29. The Balaban J connectivity index is 1.82. The highest BCUT2D eigenvalue weighted by molar-refractivity contribution is 7.10. The fraction of sp³-hybridized carbons (Fsp3) is 0.450. The topological polar surface area (TPSA) is 41.1 Å². The second-order valence-corrected chi connectivity index (χ2v) is 8.50. The molecule has 1 atom stereocenters. The van der Waals surface area contributed by atoms with Crippen LogP contribution in [0.2, 0.25) is 0 Å². The van der Waals surface area contributed by atoms with Crippen LogP contribution in [0.4, 0.5) is 0 Å². The Labute approximate surface area is 148 Å². The number of benzene rings is 1. The molecule has 2 N–H and O–H groups in total. The Hall–Kier alpha value is -1.65. The lowest BCUT2D eigenvalue weighted by Crippen LogP contribution is -2.36. The third-order valence-corrected chi connectivity index (χ3v) is 5.52. The van der Waals surface area contributed by atoms with E-state index in [9.17, 15) is 4.79 Å². The van der Waals surface area contributed by atoms with Crippen molar-refractivity contribution in [3.05, 3.63) is 57.3 Å². The van der Waals surface area contributed by atoms with Crippen LogP contribution in [0.3, 0.4) is 0 Å². The summed E-state index contributed by atoms with van der Waals surface area (Å²) < 4.78 is 0. The average Bonchev–Trinajstić information content (AvgIpc) is 2.95. The Bertz CT molecular complexity index is 701. The molecular formula is C20H26N2OS. The number of fused-ring (bicyclic) bond motifs is 1. The lowest BCUT2D eigenvalue weighted by molar-refractivity contribution is 0.0903. The summed E-state index contributed by atoms with van der Waals surface area (Å²) in [6.45, 7) is 8.50. The summed E-state index contributed by atoms with van der Waals surface area (Å²) in [4.78, 5) is 14.1. The fourth-order valence-electron chi connectivity index (χ4n) is 3.20. The van der Waals surface area contributed by atoms with Gasteiger partial charge in [-0.2, -0.15) is 0 Å². The van der Waals surface area contributed by atoms with E-state index in [1.807, 2.05) is 12.1 Å². The first-order valence-electron chi connectivity index (χ1n) is 8.62. The molecule has 1 aliphatic rings. The van der Waals surface area contributed by atoms with E-state index in [2.05, 4.69) is 55.0 Å². The van der Waals surface area contributed by atoms with Crippen molar-refractivity contribution in [2.24, 2.45) is 5.41 Å². The van der Waals surface area contributed by atoms with Crippen molar-refractivity contribution in [1.29, 1.82) is 0 Å². The lowest BCUT2D eigenvalue weighted by Gasteiger charge is -2.31. The molecule has 24 heavy (non-hydrogen) atoms. The maximum absolute atomic E-state index is 12.8.